The summed E-state index contributed by atoms with van der Waals surface area (Å²) in [6.07, 6.45) is 2.10. The Hall–Kier alpha value is -2.35. The van der Waals surface area contributed by atoms with Gasteiger partial charge in [0.2, 0.25) is 0 Å². The molecule has 2 heterocycles. The number of fused-ring (bicyclic) bond motifs is 1. The van der Waals surface area contributed by atoms with Crippen molar-refractivity contribution in [2.45, 2.75) is 26.7 Å². The van der Waals surface area contributed by atoms with Crippen LogP contribution < -0.4 is 15.0 Å². The summed E-state index contributed by atoms with van der Waals surface area (Å²) in [6, 6.07) is 11.4. The number of unbranched alkanes of at least 4 members (excludes halogenated alkanes) is 1. The highest BCUT2D eigenvalue weighted by Crippen LogP contribution is 2.35. The number of hydrogen-bond acceptors (Lipinski definition) is 6. The molecule has 1 fully saturated rings. The van der Waals surface area contributed by atoms with Crippen molar-refractivity contribution in [1.82, 2.24) is 15.2 Å². The third-order valence-electron chi connectivity index (χ3n) is 5.91. The fraction of sp³-hybridized carbons (Fsp3) is 0.440. The van der Waals surface area contributed by atoms with Crippen molar-refractivity contribution >= 4 is 44.2 Å². The number of nitrogens with one attached hydrogen (secondary N) is 1. The Labute approximate surface area is 204 Å². The second-order valence-corrected chi connectivity index (χ2v) is 9.74. The van der Waals surface area contributed by atoms with E-state index in [1.165, 1.54) is 0 Å². The molecule has 0 radical (unpaired) electrons. The molecule has 2 aromatic carbocycles. The van der Waals surface area contributed by atoms with E-state index in [9.17, 15) is 4.79 Å². The lowest BCUT2D eigenvalue weighted by Gasteiger charge is -2.34. The minimum atomic E-state index is -0.0590. The summed E-state index contributed by atoms with van der Waals surface area (Å²) in [5.41, 5.74) is 2.80. The number of halogens is 1. The molecule has 176 valence electrons. The molecule has 0 saturated carbocycles. The second-order valence-electron chi connectivity index (χ2n) is 8.35. The molecule has 0 atom stereocenters. The molecule has 6 nitrogen and oxygen atoms in total. The fourth-order valence-corrected chi connectivity index (χ4v) is 5.25. The minimum Gasteiger partial charge on any atom is -0.494 e. The van der Waals surface area contributed by atoms with Crippen LogP contribution >= 0.6 is 22.9 Å². The van der Waals surface area contributed by atoms with Crippen molar-refractivity contribution in [3.05, 3.63) is 52.5 Å². The van der Waals surface area contributed by atoms with Crippen LogP contribution in [0.4, 0.5) is 5.13 Å². The van der Waals surface area contributed by atoms with Crippen molar-refractivity contribution in [3.63, 3.8) is 0 Å². The number of rotatable bonds is 9. The minimum absolute atomic E-state index is 0.0590. The van der Waals surface area contributed by atoms with Crippen LogP contribution in [0.1, 0.15) is 35.7 Å². The molecule has 8 heteroatoms. The number of aryl methyl sites for hydroxylation is 1. The number of benzene rings is 2. The van der Waals surface area contributed by atoms with Gasteiger partial charge in [-0.05, 0) is 43.2 Å². The maximum atomic E-state index is 12.5. The summed E-state index contributed by atoms with van der Waals surface area (Å²) in [7, 11) is 0. The van der Waals surface area contributed by atoms with E-state index >= 15 is 0 Å². The van der Waals surface area contributed by atoms with Crippen LogP contribution in [0.5, 0.6) is 5.75 Å². The molecule has 1 aliphatic rings. The molecule has 4 rings (SSSR count). The van der Waals surface area contributed by atoms with Crippen LogP contribution in [-0.4, -0.2) is 61.7 Å². The second kappa shape index (κ2) is 11.2. The topological polar surface area (TPSA) is 57.7 Å². The van der Waals surface area contributed by atoms with Crippen LogP contribution in [0.2, 0.25) is 5.02 Å². The van der Waals surface area contributed by atoms with Gasteiger partial charge in [0.15, 0.2) is 5.13 Å². The Balaban J connectivity index is 1.23. The smallest absolute Gasteiger partial charge is 0.251 e. The van der Waals surface area contributed by atoms with Gasteiger partial charge in [0.05, 0.1) is 21.8 Å². The monoisotopic (exact) mass is 486 g/mol. The van der Waals surface area contributed by atoms with Gasteiger partial charge in [0, 0.05) is 44.8 Å². The first kappa shape index (κ1) is 23.8. The van der Waals surface area contributed by atoms with Crippen molar-refractivity contribution < 1.29 is 9.53 Å². The largest absolute Gasteiger partial charge is 0.494 e. The number of hydrogen-bond donors (Lipinski definition) is 1. The van der Waals surface area contributed by atoms with Gasteiger partial charge in [-0.1, -0.05) is 48.4 Å². The zero-order valence-electron chi connectivity index (χ0n) is 19.3. The maximum absolute atomic E-state index is 12.5. The Morgan fingerprint density at radius 1 is 1.21 bits per heavy atom. The fourth-order valence-electron chi connectivity index (χ4n) is 3.88. The average molecular weight is 487 g/mol. The van der Waals surface area contributed by atoms with Crippen molar-refractivity contribution in [2.24, 2.45) is 0 Å². The molecule has 0 unspecified atom stereocenters. The molecule has 1 N–H and O–H groups in total. The lowest BCUT2D eigenvalue weighted by molar-refractivity contribution is 0.0947. The first-order chi connectivity index (χ1) is 16.0. The van der Waals surface area contributed by atoms with Crippen LogP contribution in [0, 0.1) is 6.92 Å². The first-order valence-corrected chi connectivity index (χ1v) is 12.8. The molecular weight excluding hydrogens is 456 g/mol. The zero-order chi connectivity index (χ0) is 23.2. The molecule has 1 aromatic heterocycles. The summed E-state index contributed by atoms with van der Waals surface area (Å²) in [4.78, 5) is 22.1. The third kappa shape index (κ3) is 5.96. The van der Waals surface area contributed by atoms with E-state index in [2.05, 4.69) is 29.0 Å². The Bertz CT molecular complexity index is 1060. The van der Waals surface area contributed by atoms with Crippen LogP contribution in [0.3, 0.4) is 0 Å². The van der Waals surface area contributed by atoms with Gasteiger partial charge in [-0.25, -0.2) is 4.98 Å². The van der Waals surface area contributed by atoms with E-state index in [-0.39, 0.29) is 5.91 Å². The molecule has 33 heavy (non-hydrogen) atoms. The highest BCUT2D eigenvalue weighted by molar-refractivity contribution is 7.22. The Kier molecular flexibility index (Phi) is 8.06. The predicted molar refractivity (Wildman–Crippen MR) is 137 cm³/mol. The SMILES string of the molecule is CCCCOc1cccc(C(=O)NCCN2CCN(c3nc4c(C)ccc(Cl)c4s3)CC2)c1. The van der Waals surface area contributed by atoms with E-state index < -0.39 is 0 Å². The normalized spacial score (nSPS) is 14.6. The predicted octanol–water partition coefficient (Wildman–Crippen LogP) is 4.99. The number of piperazine rings is 1. The number of anilines is 1. The molecule has 1 aliphatic heterocycles. The van der Waals surface area contributed by atoms with Gasteiger partial charge in [0.1, 0.15) is 5.75 Å². The van der Waals surface area contributed by atoms with E-state index in [4.69, 9.17) is 21.3 Å². The van der Waals surface area contributed by atoms with Gasteiger partial charge < -0.3 is 15.0 Å². The Morgan fingerprint density at radius 2 is 2.03 bits per heavy atom. The average Bonchev–Trinajstić information content (AvgIpc) is 3.29. The van der Waals surface area contributed by atoms with E-state index in [1.54, 1.807) is 11.3 Å². The molecule has 3 aromatic rings. The number of carbonyl (C=O) groups excluding carboxylic acids is 1. The molecule has 1 amide bonds. The van der Waals surface area contributed by atoms with Crippen LogP contribution in [-0.2, 0) is 0 Å². The quantitative estimate of drug-likeness (QED) is 0.432. The molecule has 0 spiro atoms. The summed E-state index contributed by atoms with van der Waals surface area (Å²) >= 11 is 8.04. The van der Waals surface area contributed by atoms with Gasteiger partial charge in [0.25, 0.3) is 5.91 Å². The van der Waals surface area contributed by atoms with E-state index in [0.717, 1.165) is 77.2 Å². The van der Waals surface area contributed by atoms with Crippen molar-refractivity contribution in [1.29, 1.82) is 0 Å². The van der Waals surface area contributed by atoms with E-state index in [0.29, 0.717) is 18.7 Å². The van der Waals surface area contributed by atoms with E-state index in [1.807, 2.05) is 36.4 Å². The lowest BCUT2D eigenvalue weighted by atomic mass is 10.2. The molecule has 0 aliphatic carbocycles. The number of thiazole rings is 1. The van der Waals surface area contributed by atoms with Crippen LogP contribution in [0.25, 0.3) is 10.2 Å². The zero-order valence-corrected chi connectivity index (χ0v) is 20.8. The number of amides is 1. The summed E-state index contributed by atoms with van der Waals surface area (Å²) < 4.78 is 6.78. The van der Waals surface area contributed by atoms with Crippen LogP contribution in [0.15, 0.2) is 36.4 Å². The molecule has 0 bridgehead atoms. The van der Waals surface area contributed by atoms with Gasteiger partial charge in [-0.2, -0.15) is 0 Å². The lowest BCUT2D eigenvalue weighted by Crippen LogP contribution is -2.48. The molecule has 1 saturated heterocycles. The summed E-state index contributed by atoms with van der Waals surface area (Å²) in [6.45, 7) is 10.1. The molecular formula is C25H31ClN4O2S. The standard InChI is InChI=1S/C25H31ClN4O2S/c1-3-4-16-32-20-7-5-6-19(17-20)24(31)27-10-11-29-12-14-30(15-13-29)25-28-22-18(2)8-9-21(26)23(22)33-25/h5-9,17H,3-4,10-16H2,1-2H3,(H,27,31). The highest BCUT2D eigenvalue weighted by atomic mass is 35.5. The highest BCUT2D eigenvalue weighted by Gasteiger charge is 2.21. The van der Waals surface area contributed by atoms with Gasteiger partial charge in [-0.15, -0.1) is 0 Å². The number of nitrogens with zero attached hydrogens (tertiary/aromatic N) is 3. The summed E-state index contributed by atoms with van der Waals surface area (Å²) in [5, 5.41) is 4.85. The third-order valence-corrected chi connectivity index (χ3v) is 7.48. The summed E-state index contributed by atoms with van der Waals surface area (Å²) in [5.74, 6) is 0.690. The van der Waals surface area contributed by atoms with Crippen molar-refractivity contribution in [2.75, 3.05) is 50.8 Å². The number of aromatic nitrogens is 1. The van der Waals surface area contributed by atoms with Gasteiger partial charge in [-0.3, -0.25) is 9.69 Å². The van der Waals surface area contributed by atoms with Gasteiger partial charge >= 0.3 is 0 Å². The maximum Gasteiger partial charge on any atom is 0.251 e. The van der Waals surface area contributed by atoms with Crippen molar-refractivity contribution in [3.8, 4) is 5.75 Å². The number of ether oxygens (including phenoxy) is 1. The first-order valence-electron chi connectivity index (χ1n) is 11.6. The number of carbonyl (C=O) groups is 1. The Morgan fingerprint density at radius 3 is 2.79 bits per heavy atom.